The highest BCUT2D eigenvalue weighted by atomic mass is 35.5. The normalized spacial score (nSPS) is 10.8. The van der Waals surface area contributed by atoms with Crippen molar-refractivity contribution in [1.29, 1.82) is 0 Å². The van der Waals surface area contributed by atoms with E-state index < -0.39 is 5.56 Å². The third-order valence-electron chi connectivity index (χ3n) is 6.36. The number of nitrogens with zero attached hydrogens (tertiary/aromatic N) is 3. The van der Waals surface area contributed by atoms with Crippen molar-refractivity contribution in [3.05, 3.63) is 117 Å². The van der Waals surface area contributed by atoms with E-state index in [4.69, 9.17) is 11.6 Å². The first-order valence-corrected chi connectivity index (χ1v) is 14.3. The predicted octanol–water partition coefficient (Wildman–Crippen LogP) is 5.33. The van der Waals surface area contributed by atoms with Gasteiger partial charge in [0.1, 0.15) is 12.4 Å². The van der Waals surface area contributed by atoms with Crippen LogP contribution in [0.2, 0.25) is 5.02 Å². The molecule has 0 saturated heterocycles. The monoisotopic (exact) mass is 592 g/mol. The molecule has 7 nitrogen and oxygen atoms in total. The molecule has 2 amide bonds. The van der Waals surface area contributed by atoms with E-state index >= 15 is 0 Å². The Morgan fingerprint density at radius 2 is 1.59 bits per heavy atom. The Balaban J connectivity index is 1.47. The lowest BCUT2D eigenvalue weighted by Gasteiger charge is -2.20. The molecule has 4 rings (SSSR count). The molecule has 0 bridgehead atoms. The van der Waals surface area contributed by atoms with E-state index in [1.54, 1.807) is 34.8 Å². The molecule has 4 aromatic rings. The minimum absolute atomic E-state index is 0.0223. The number of carbonyl (C=O) groups is 2. The summed E-state index contributed by atoms with van der Waals surface area (Å²) in [7, 11) is 1.73. The standard InChI is InChI=1S/C31H30ClFN4O3S/c1-21(38)34-16-15-26-18-37(31(35-30(26)40)41-20-23-5-13-28(33)14-6-23)19-29(39)36(2)17-22-3-7-24(8-4-22)25-9-11-27(32)12-10-25/h3-14,18H,15-17,19-20H2,1-2H3,(H,34,38). The molecular weight excluding hydrogens is 563 g/mol. The average molecular weight is 593 g/mol. The van der Waals surface area contributed by atoms with Crippen LogP contribution in [0.25, 0.3) is 11.1 Å². The summed E-state index contributed by atoms with van der Waals surface area (Å²) in [5.41, 5.74) is 3.92. The van der Waals surface area contributed by atoms with Gasteiger partial charge >= 0.3 is 0 Å². The summed E-state index contributed by atoms with van der Waals surface area (Å²) in [5, 5.41) is 3.74. The Kier molecular flexibility index (Phi) is 10.3. The molecule has 1 N–H and O–H groups in total. The number of hydrogen-bond donors (Lipinski definition) is 1. The summed E-state index contributed by atoms with van der Waals surface area (Å²) >= 11 is 7.29. The van der Waals surface area contributed by atoms with Gasteiger partial charge in [-0.15, -0.1) is 0 Å². The van der Waals surface area contributed by atoms with Crippen molar-refractivity contribution in [3.8, 4) is 11.1 Å². The fourth-order valence-corrected chi connectivity index (χ4v) is 5.14. The van der Waals surface area contributed by atoms with Crippen LogP contribution in [-0.4, -0.2) is 39.9 Å². The van der Waals surface area contributed by atoms with Crippen LogP contribution in [0.3, 0.4) is 0 Å². The quantitative estimate of drug-likeness (QED) is 0.188. The van der Waals surface area contributed by atoms with E-state index in [2.05, 4.69) is 10.3 Å². The largest absolute Gasteiger partial charge is 0.356 e. The molecule has 0 unspecified atom stereocenters. The zero-order valence-electron chi connectivity index (χ0n) is 22.8. The molecule has 3 aromatic carbocycles. The topological polar surface area (TPSA) is 84.3 Å². The number of halogens is 2. The van der Waals surface area contributed by atoms with Crippen molar-refractivity contribution in [2.45, 2.75) is 37.3 Å². The second kappa shape index (κ2) is 14.1. The number of likely N-dealkylation sites (N-methyl/N-ethyl adjacent to an activating group) is 1. The van der Waals surface area contributed by atoms with Crippen LogP contribution < -0.4 is 10.9 Å². The van der Waals surface area contributed by atoms with Crippen molar-refractivity contribution >= 4 is 35.2 Å². The molecule has 41 heavy (non-hydrogen) atoms. The van der Waals surface area contributed by atoms with E-state index in [-0.39, 0.29) is 30.7 Å². The van der Waals surface area contributed by atoms with Crippen molar-refractivity contribution in [3.63, 3.8) is 0 Å². The second-order valence-electron chi connectivity index (χ2n) is 9.58. The number of thioether (sulfide) groups is 1. The van der Waals surface area contributed by atoms with Crippen LogP contribution in [0.5, 0.6) is 0 Å². The van der Waals surface area contributed by atoms with E-state index in [9.17, 15) is 18.8 Å². The van der Waals surface area contributed by atoms with Gasteiger partial charge in [-0.25, -0.2) is 4.39 Å². The zero-order chi connectivity index (χ0) is 29.4. The molecule has 0 aliphatic rings. The molecule has 0 radical (unpaired) electrons. The summed E-state index contributed by atoms with van der Waals surface area (Å²) in [6, 6.07) is 21.7. The minimum Gasteiger partial charge on any atom is -0.356 e. The maximum Gasteiger partial charge on any atom is 0.276 e. The predicted molar refractivity (Wildman–Crippen MR) is 160 cm³/mol. The van der Waals surface area contributed by atoms with Crippen LogP contribution in [-0.2, 0) is 34.9 Å². The highest BCUT2D eigenvalue weighted by molar-refractivity contribution is 7.98. The van der Waals surface area contributed by atoms with Gasteiger partial charge in [0, 0.05) is 49.6 Å². The molecule has 1 heterocycles. The van der Waals surface area contributed by atoms with Gasteiger partial charge in [-0.3, -0.25) is 14.4 Å². The molecule has 0 aliphatic carbocycles. The highest BCUT2D eigenvalue weighted by Gasteiger charge is 2.16. The second-order valence-corrected chi connectivity index (χ2v) is 11.0. The fourth-order valence-electron chi connectivity index (χ4n) is 4.10. The number of aromatic nitrogens is 2. The Morgan fingerprint density at radius 1 is 0.976 bits per heavy atom. The SMILES string of the molecule is CC(=O)NCCc1cn(CC(=O)N(C)Cc2ccc(-c3ccc(Cl)cc3)cc2)c(SCc2ccc(F)cc2)nc1=O. The van der Waals surface area contributed by atoms with Gasteiger partial charge in [0.05, 0.1) is 0 Å². The van der Waals surface area contributed by atoms with E-state index in [1.165, 1.54) is 30.8 Å². The maximum absolute atomic E-state index is 13.3. The molecule has 0 aliphatic heterocycles. The molecule has 0 fully saturated rings. The first-order chi connectivity index (χ1) is 19.7. The third-order valence-corrected chi connectivity index (χ3v) is 7.67. The summed E-state index contributed by atoms with van der Waals surface area (Å²) in [5.74, 6) is -0.232. The zero-order valence-corrected chi connectivity index (χ0v) is 24.3. The van der Waals surface area contributed by atoms with Crippen molar-refractivity contribution < 1.29 is 14.0 Å². The van der Waals surface area contributed by atoms with Gasteiger partial charge in [-0.05, 0) is 52.9 Å². The first-order valence-electron chi connectivity index (χ1n) is 13.0. The Hall–Kier alpha value is -3.95. The van der Waals surface area contributed by atoms with Gasteiger partial charge in [0.2, 0.25) is 11.8 Å². The lowest BCUT2D eigenvalue weighted by molar-refractivity contribution is -0.131. The summed E-state index contributed by atoms with van der Waals surface area (Å²) in [4.78, 5) is 43.1. The average Bonchev–Trinajstić information content (AvgIpc) is 2.95. The van der Waals surface area contributed by atoms with Gasteiger partial charge in [-0.2, -0.15) is 4.98 Å². The summed E-state index contributed by atoms with van der Waals surface area (Å²) in [6.07, 6.45) is 1.93. The number of hydrogen-bond acceptors (Lipinski definition) is 5. The molecular formula is C31H30ClFN4O3S. The summed E-state index contributed by atoms with van der Waals surface area (Å²) in [6.45, 7) is 2.08. The highest BCUT2D eigenvalue weighted by Crippen LogP contribution is 2.23. The summed E-state index contributed by atoms with van der Waals surface area (Å²) < 4.78 is 15.0. The van der Waals surface area contributed by atoms with Crippen LogP contribution in [0.1, 0.15) is 23.6 Å². The number of benzene rings is 3. The minimum atomic E-state index is -0.408. The number of carbonyl (C=O) groups excluding carboxylic acids is 2. The van der Waals surface area contributed by atoms with E-state index in [0.717, 1.165) is 22.3 Å². The van der Waals surface area contributed by atoms with E-state index in [1.807, 2.05) is 48.5 Å². The van der Waals surface area contributed by atoms with E-state index in [0.29, 0.717) is 34.5 Å². The lowest BCUT2D eigenvalue weighted by Crippen LogP contribution is -2.32. The van der Waals surface area contributed by atoms with Gasteiger partial charge in [0.15, 0.2) is 5.16 Å². The molecule has 10 heteroatoms. The van der Waals surface area contributed by atoms with Crippen molar-refractivity contribution in [1.82, 2.24) is 19.8 Å². The third kappa shape index (κ3) is 8.77. The smallest absolute Gasteiger partial charge is 0.276 e. The molecule has 0 saturated carbocycles. The number of rotatable bonds is 11. The molecule has 1 aromatic heterocycles. The molecule has 0 atom stereocenters. The van der Waals surface area contributed by atoms with Gasteiger partial charge in [-0.1, -0.05) is 71.9 Å². The van der Waals surface area contributed by atoms with Crippen LogP contribution in [0.15, 0.2) is 88.9 Å². The maximum atomic E-state index is 13.3. The Bertz CT molecular complexity index is 1560. The lowest BCUT2D eigenvalue weighted by atomic mass is 10.0. The Morgan fingerprint density at radius 3 is 2.22 bits per heavy atom. The number of nitrogens with one attached hydrogen (secondary N) is 1. The molecule has 212 valence electrons. The van der Waals surface area contributed by atoms with Crippen LogP contribution >= 0.6 is 23.4 Å². The molecule has 0 spiro atoms. The van der Waals surface area contributed by atoms with Crippen molar-refractivity contribution in [2.75, 3.05) is 13.6 Å². The van der Waals surface area contributed by atoms with Gasteiger partial charge < -0.3 is 14.8 Å². The van der Waals surface area contributed by atoms with Crippen LogP contribution in [0, 0.1) is 5.82 Å². The van der Waals surface area contributed by atoms with Gasteiger partial charge in [0.25, 0.3) is 5.56 Å². The van der Waals surface area contributed by atoms with Crippen LogP contribution in [0.4, 0.5) is 4.39 Å². The fraction of sp³-hybridized carbons (Fsp3) is 0.226. The Labute approximate surface area is 247 Å². The van der Waals surface area contributed by atoms with Crippen molar-refractivity contribution in [2.24, 2.45) is 0 Å². The first kappa shape index (κ1) is 30.0. The number of amides is 2.